The first-order valence-corrected chi connectivity index (χ1v) is 20.8. The topological polar surface area (TPSA) is 306 Å². The maximum absolute atomic E-state index is 13.0. The normalized spacial score (nSPS) is 12.2. The lowest BCUT2D eigenvalue weighted by Gasteiger charge is -2.23. The van der Waals surface area contributed by atoms with E-state index in [1.165, 1.54) is 7.05 Å². The lowest BCUT2D eigenvalue weighted by molar-refractivity contribution is -0.163. The minimum atomic E-state index is -1.26. The van der Waals surface area contributed by atoms with E-state index >= 15 is 0 Å². The number of Topliss-reactive ketones (excluding diaryl/α,β-unsaturated/α-hetero) is 2. The summed E-state index contributed by atoms with van der Waals surface area (Å²) in [7, 11) is 1.50. The summed E-state index contributed by atoms with van der Waals surface area (Å²) in [4.78, 5) is 98.7. The summed E-state index contributed by atoms with van der Waals surface area (Å²) in [5.74, 6) is -5.53. The number of amides is 4. The Bertz CT molecular complexity index is 2000. The molecule has 0 heterocycles. The number of rotatable bonds is 18. The smallest absolute Gasteiger partial charge is 0.408 e. The zero-order valence-electron chi connectivity index (χ0n) is 39.7. The fourth-order valence-electron chi connectivity index (χ4n) is 5.38. The van der Waals surface area contributed by atoms with Gasteiger partial charge in [0, 0.05) is 12.8 Å². The molecule has 0 fully saturated rings. The zero-order chi connectivity index (χ0) is 49.4. The van der Waals surface area contributed by atoms with Crippen LogP contribution in [0.2, 0.25) is 0 Å². The molecule has 0 saturated carbocycles. The second-order valence-electron chi connectivity index (χ2n) is 17.2. The summed E-state index contributed by atoms with van der Waals surface area (Å²) >= 11 is 0. The summed E-state index contributed by atoms with van der Waals surface area (Å²) in [5.41, 5.74) is 4.47. The van der Waals surface area contributed by atoms with Crippen LogP contribution in [0.5, 0.6) is 0 Å². The molecule has 19 nitrogen and oxygen atoms in total. The van der Waals surface area contributed by atoms with E-state index in [-0.39, 0.29) is 25.5 Å². The van der Waals surface area contributed by atoms with E-state index < -0.39 is 89.1 Å². The summed E-state index contributed by atoms with van der Waals surface area (Å²) < 4.78 is 15.5. The number of carbonyl (C=O) groups is 8. The van der Waals surface area contributed by atoms with Gasteiger partial charge in [-0.1, -0.05) is 91.0 Å². The first-order valence-electron chi connectivity index (χ1n) is 20.8. The summed E-state index contributed by atoms with van der Waals surface area (Å²) in [6.45, 7) is 14.5. The van der Waals surface area contributed by atoms with E-state index in [0.29, 0.717) is 17.5 Å². The molecule has 0 saturated heterocycles. The predicted octanol–water partition coefficient (Wildman–Crippen LogP) is 3.94. The van der Waals surface area contributed by atoms with Crippen molar-refractivity contribution in [2.75, 3.05) is 20.3 Å². The highest BCUT2D eigenvalue weighted by Crippen LogP contribution is 2.12. The number of urea groups is 1. The van der Waals surface area contributed by atoms with Gasteiger partial charge in [-0.25, -0.2) is 14.4 Å². The summed E-state index contributed by atoms with van der Waals surface area (Å²) in [6.07, 6.45) is -0.520. The number of ether oxygens (including phenoxy) is 3. The van der Waals surface area contributed by atoms with Gasteiger partial charge in [0.2, 0.25) is 5.78 Å². The number of hydrogen-bond donors (Lipinski definition) is 8. The Morgan fingerprint density at radius 3 is 1.33 bits per heavy atom. The second-order valence-corrected chi connectivity index (χ2v) is 17.2. The Morgan fingerprint density at radius 2 is 0.939 bits per heavy atom. The molecule has 0 unspecified atom stereocenters. The number of carboxylic acids is 1. The highest BCUT2D eigenvalue weighted by atomic mass is 16.6. The van der Waals surface area contributed by atoms with Crippen molar-refractivity contribution in [1.82, 2.24) is 32.7 Å². The van der Waals surface area contributed by atoms with Crippen LogP contribution in [-0.2, 0) is 62.2 Å². The second kappa shape index (κ2) is 29.0. The Morgan fingerprint density at radius 1 is 0.545 bits per heavy atom. The van der Waals surface area contributed by atoms with Gasteiger partial charge in [0.05, 0.1) is 13.2 Å². The Kier molecular flexibility index (Phi) is 26.0. The van der Waals surface area contributed by atoms with Crippen LogP contribution in [0.15, 0.2) is 91.0 Å². The number of aliphatic carboxylic acids is 1. The average molecular weight is 924 g/mol. The van der Waals surface area contributed by atoms with Gasteiger partial charge in [-0.3, -0.25) is 29.3 Å². The van der Waals surface area contributed by atoms with Crippen LogP contribution in [-0.4, -0.2) is 108 Å². The molecule has 0 radical (unpaired) electrons. The van der Waals surface area contributed by atoms with Crippen LogP contribution in [0.25, 0.3) is 0 Å². The molecule has 3 rings (SSSR count). The lowest BCUT2D eigenvalue weighted by Crippen LogP contribution is -2.54. The highest BCUT2D eigenvalue weighted by molar-refractivity contribution is 6.38. The van der Waals surface area contributed by atoms with Gasteiger partial charge in [-0.15, -0.1) is 0 Å². The number of carboxylic acid groups (broad SMARTS) is 1. The number of nitrogens with one attached hydrogen (secondary N) is 5. The largest absolute Gasteiger partial charge is 0.480 e. The monoisotopic (exact) mass is 924 g/mol. The molecule has 0 aliphatic carbocycles. The van der Waals surface area contributed by atoms with Gasteiger partial charge < -0.3 is 52.5 Å². The number of alkyl carbamates (subject to hydrolysis) is 1. The Labute approximate surface area is 387 Å². The minimum Gasteiger partial charge on any atom is -0.480 e. The van der Waals surface area contributed by atoms with Crippen molar-refractivity contribution in [2.24, 2.45) is 5.73 Å². The summed E-state index contributed by atoms with van der Waals surface area (Å²) in [5, 5.41) is 21.4. The molecule has 3 atom stereocenters. The molecule has 19 heteroatoms. The standard InChI is InChI=1S/C31H40N4O8.C15H21NO4.CH5N.H3N/c1-30(2,3)42-27(39)25(37)23(18-21-15-11-8-12-16-21)34-28(40)33-19-32-26(38)24(36)22(17-20-13-9-7-10-14-20)35-29(41)43-31(4,5)6;1-15(2,3)20-13(17)10-16-12(14(18)19)9-11-7-5-4-6-8-11;1-2;/h7-16,22-23H,17-19H2,1-6H3,(H,32,38)(H,35,41)(H2,33,34,40);4-8,12,16H,9-10H2,1-3H3,(H,18,19);2H2,1H3;1H3/t22-,23+;12-;;/m01../s1. The third-order valence-electron chi connectivity index (χ3n) is 8.01. The minimum absolute atomic E-state index is 0. The first-order chi connectivity index (χ1) is 30.3. The van der Waals surface area contributed by atoms with Crippen molar-refractivity contribution in [3.63, 3.8) is 0 Å². The van der Waals surface area contributed by atoms with Gasteiger partial charge in [0.25, 0.3) is 11.7 Å². The third kappa shape index (κ3) is 26.2. The van der Waals surface area contributed by atoms with Gasteiger partial charge in [0.15, 0.2) is 0 Å². The molecular weight excluding hydrogens is 855 g/mol. The van der Waals surface area contributed by atoms with Crippen LogP contribution in [0.4, 0.5) is 9.59 Å². The van der Waals surface area contributed by atoms with Crippen molar-refractivity contribution in [2.45, 2.75) is 117 Å². The van der Waals surface area contributed by atoms with Crippen LogP contribution in [0.1, 0.15) is 79.0 Å². The van der Waals surface area contributed by atoms with Crippen molar-refractivity contribution in [3.8, 4) is 0 Å². The molecule has 4 amide bonds. The molecule has 0 bridgehead atoms. The number of carbonyl (C=O) groups excluding carboxylic acids is 7. The number of ketones is 2. The Hall–Kier alpha value is -6.70. The van der Waals surface area contributed by atoms with Gasteiger partial charge >= 0.3 is 30.0 Å². The molecule has 0 spiro atoms. The molecule has 0 aliphatic rings. The summed E-state index contributed by atoms with van der Waals surface area (Å²) in [6, 6.07) is 22.6. The quantitative estimate of drug-likeness (QED) is 0.0388. The molecule has 66 heavy (non-hydrogen) atoms. The lowest BCUT2D eigenvalue weighted by atomic mass is 10.0. The molecule has 3 aromatic rings. The van der Waals surface area contributed by atoms with Crippen LogP contribution < -0.4 is 38.5 Å². The van der Waals surface area contributed by atoms with Crippen molar-refractivity contribution < 1.29 is 57.7 Å². The van der Waals surface area contributed by atoms with Gasteiger partial charge in [0.1, 0.15) is 34.9 Å². The van der Waals surface area contributed by atoms with E-state index in [9.17, 15) is 38.4 Å². The highest BCUT2D eigenvalue weighted by Gasteiger charge is 2.32. The van der Waals surface area contributed by atoms with Crippen molar-refractivity contribution in [1.29, 1.82) is 0 Å². The number of benzene rings is 3. The van der Waals surface area contributed by atoms with Crippen molar-refractivity contribution in [3.05, 3.63) is 108 Å². The third-order valence-corrected chi connectivity index (χ3v) is 8.01. The van der Waals surface area contributed by atoms with E-state index in [2.05, 4.69) is 32.3 Å². The number of esters is 2. The van der Waals surface area contributed by atoms with E-state index in [4.69, 9.17) is 19.3 Å². The predicted molar refractivity (Wildman–Crippen MR) is 248 cm³/mol. The maximum Gasteiger partial charge on any atom is 0.408 e. The zero-order valence-corrected chi connectivity index (χ0v) is 39.7. The van der Waals surface area contributed by atoms with Gasteiger partial charge in [-0.2, -0.15) is 0 Å². The average Bonchev–Trinajstić information content (AvgIpc) is 3.21. The molecule has 0 aromatic heterocycles. The SMILES string of the molecule is CC(C)(C)OC(=O)CN[C@H](Cc1ccccc1)C(=O)O.CC(C)(C)OC(=O)N[C@@H](Cc1ccccc1)C(=O)C(=O)NCNC(=O)N[C@H](Cc1ccccc1)C(=O)C(=O)OC(C)(C)C.CN.N. The molecule has 3 aromatic carbocycles. The number of hydrogen-bond acceptors (Lipinski definition) is 14. The molecule has 364 valence electrons. The first kappa shape index (κ1) is 59.3. The van der Waals surface area contributed by atoms with E-state index in [0.717, 1.165) is 5.56 Å². The number of nitrogens with two attached hydrogens (primary N) is 1. The fraction of sp³-hybridized carbons (Fsp3) is 0.447. The molecule has 11 N–H and O–H groups in total. The van der Waals surface area contributed by atoms with Crippen LogP contribution >= 0.6 is 0 Å². The maximum atomic E-state index is 13.0. The van der Waals surface area contributed by atoms with Crippen LogP contribution in [0.3, 0.4) is 0 Å². The Balaban J connectivity index is 0.00000154. The fourth-order valence-corrected chi connectivity index (χ4v) is 5.38. The van der Waals surface area contributed by atoms with E-state index in [1.807, 2.05) is 30.3 Å². The molecular formula is C47H69N7O12. The van der Waals surface area contributed by atoms with Crippen LogP contribution in [0, 0.1) is 0 Å². The van der Waals surface area contributed by atoms with E-state index in [1.54, 1.807) is 123 Å². The van der Waals surface area contributed by atoms with Crippen molar-refractivity contribution >= 4 is 47.5 Å². The molecule has 0 aliphatic heterocycles. The van der Waals surface area contributed by atoms with Gasteiger partial charge in [-0.05, 0) is 92.5 Å².